The molecule has 0 bridgehead atoms. The van der Waals surface area contributed by atoms with Crippen LogP contribution in [0.25, 0.3) is 22.4 Å². The smallest absolute Gasteiger partial charge is 0.309 e. The van der Waals surface area contributed by atoms with Crippen LogP contribution in [0, 0.1) is 12.8 Å². The van der Waals surface area contributed by atoms with Gasteiger partial charge in [0.2, 0.25) is 23.5 Å². The second kappa shape index (κ2) is 15.3. The number of carboxylic acid groups (broad SMARTS) is 1. The molecule has 0 unspecified atom stereocenters. The number of hydrogen-bond acceptors (Lipinski definition) is 9. The van der Waals surface area contributed by atoms with Gasteiger partial charge in [-0.1, -0.05) is 59.6 Å². The molecule has 0 spiro atoms. The van der Waals surface area contributed by atoms with Crippen molar-refractivity contribution < 1.29 is 28.9 Å². The molecule has 2 aliphatic heterocycles. The Balaban J connectivity index is 1.10. The van der Waals surface area contributed by atoms with E-state index in [0.29, 0.717) is 60.9 Å². The molecule has 3 N–H and O–H groups in total. The highest BCUT2D eigenvalue weighted by atomic mass is 35.5. The van der Waals surface area contributed by atoms with Crippen LogP contribution in [0.5, 0.6) is 17.6 Å². The number of likely N-dealkylation sites (tertiary alicyclic amines) is 1. The van der Waals surface area contributed by atoms with E-state index in [1.807, 2.05) is 42.2 Å². The first kappa shape index (κ1) is 36.0. The Morgan fingerprint density at radius 2 is 1.73 bits per heavy atom. The zero-order chi connectivity index (χ0) is 36.5. The molecule has 52 heavy (non-hydrogen) atoms. The zero-order valence-electron chi connectivity index (χ0n) is 29.3. The maximum absolute atomic E-state index is 11.6. The van der Waals surface area contributed by atoms with Gasteiger partial charge < -0.3 is 30.0 Å². The van der Waals surface area contributed by atoms with Crippen LogP contribution < -0.4 is 24.8 Å². The molecule has 7 rings (SSSR count). The number of aromatic nitrogens is 2. The number of carbonyl (C=O) groups is 2. The quantitative estimate of drug-likeness (QED) is 0.141. The van der Waals surface area contributed by atoms with Crippen molar-refractivity contribution in [3.8, 4) is 40.0 Å². The molecular weight excluding hydrogens is 705 g/mol. The van der Waals surface area contributed by atoms with E-state index in [1.54, 1.807) is 20.3 Å². The number of ether oxygens (including phenoxy) is 3. The SMILES string of the molecule is COc1nc(O[C@H]2CCc3c(-c4cccc(-c5cc(C)c(CNC[C@@H]6CCC(=O)N6)c(OC)n5)c4Cl)cccc32)c(Cl)cc1CN1CC(C(=O)O)C1. The van der Waals surface area contributed by atoms with Gasteiger partial charge in [0, 0.05) is 67.4 Å². The molecule has 3 aliphatic rings. The van der Waals surface area contributed by atoms with E-state index < -0.39 is 5.97 Å². The molecule has 2 atom stereocenters. The molecular formula is C39H41Cl2N5O6. The minimum absolute atomic E-state index is 0.1000. The summed E-state index contributed by atoms with van der Waals surface area (Å²) < 4.78 is 17.8. The van der Waals surface area contributed by atoms with E-state index in [1.165, 1.54) is 0 Å². The summed E-state index contributed by atoms with van der Waals surface area (Å²) in [5.41, 5.74) is 8.41. The number of fused-ring (bicyclic) bond motifs is 1. The van der Waals surface area contributed by atoms with Crippen molar-refractivity contribution in [2.75, 3.05) is 33.9 Å². The van der Waals surface area contributed by atoms with Crippen LogP contribution >= 0.6 is 23.2 Å². The fraction of sp³-hybridized carbons (Fsp3) is 0.385. The summed E-state index contributed by atoms with van der Waals surface area (Å²) in [4.78, 5) is 34.3. The summed E-state index contributed by atoms with van der Waals surface area (Å²) in [5, 5.41) is 16.6. The Morgan fingerprint density at radius 1 is 0.981 bits per heavy atom. The third-order valence-electron chi connectivity index (χ3n) is 10.2. The van der Waals surface area contributed by atoms with Crippen LogP contribution in [-0.2, 0) is 29.1 Å². The second-order valence-electron chi connectivity index (χ2n) is 13.6. The number of halogens is 2. The molecule has 0 radical (unpaired) electrons. The first-order valence-corrected chi connectivity index (χ1v) is 18.2. The maximum atomic E-state index is 11.6. The summed E-state index contributed by atoms with van der Waals surface area (Å²) in [7, 11) is 3.17. The van der Waals surface area contributed by atoms with Crippen molar-refractivity contribution in [2.24, 2.45) is 5.92 Å². The minimum atomic E-state index is -0.783. The molecule has 272 valence electrons. The molecule has 2 saturated heterocycles. The number of carboxylic acids is 1. The van der Waals surface area contributed by atoms with Gasteiger partial charge in [-0.05, 0) is 60.6 Å². The largest absolute Gasteiger partial charge is 0.481 e. The second-order valence-corrected chi connectivity index (χ2v) is 14.4. The maximum Gasteiger partial charge on any atom is 0.309 e. The molecule has 4 aromatic rings. The number of nitrogens with zero attached hydrogens (tertiary/aromatic N) is 3. The number of benzene rings is 2. The summed E-state index contributed by atoms with van der Waals surface area (Å²) in [6, 6.07) is 16.1. The Labute approximate surface area is 312 Å². The monoisotopic (exact) mass is 745 g/mol. The number of carbonyl (C=O) groups excluding carboxylic acids is 1. The summed E-state index contributed by atoms with van der Waals surface area (Å²) in [6.45, 7) is 4.71. The van der Waals surface area contributed by atoms with Crippen LogP contribution in [-0.4, -0.2) is 71.7 Å². The normalized spacial score (nSPS) is 18.5. The van der Waals surface area contributed by atoms with Gasteiger partial charge in [-0.2, -0.15) is 4.98 Å². The lowest BCUT2D eigenvalue weighted by Crippen LogP contribution is -2.49. The number of methoxy groups -OCH3 is 2. The number of amides is 1. The minimum Gasteiger partial charge on any atom is -0.481 e. The fourth-order valence-electron chi connectivity index (χ4n) is 7.42. The third kappa shape index (κ3) is 7.28. The lowest BCUT2D eigenvalue weighted by Gasteiger charge is -2.36. The summed E-state index contributed by atoms with van der Waals surface area (Å²) in [5.74, 6) is 0.182. The van der Waals surface area contributed by atoms with E-state index in [9.17, 15) is 14.7 Å². The molecule has 1 amide bonds. The third-order valence-corrected chi connectivity index (χ3v) is 10.9. The highest BCUT2D eigenvalue weighted by Gasteiger charge is 2.34. The van der Waals surface area contributed by atoms with Crippen LogP contribution in [0.3, 0.4) is 0 Å². The molecule has 2 aromatic carbocycles. The lowest BCUT2D eigenvalue weighted by molar-refractivity contribution is -0.147. The lowest BCUT2D eigenvalue weighted by atomic mass is 9.94. The van der Waals surface area contributed by atoms with E-state index >= 15 is 0 Å². The predicted molar refractivity (Wildman–Crippen MR) is 198 cm³/mol. The van der Waals surface area contributed by atoms with Gasteiger partial charge in [-0.15, -0.1) is 0 Å². The van der Waals surface area contributed by atoms with E-state index in [-0.39, 0.29) is 29.9 Å². The van der Waals surface area contributed by atoms with Crippen molar-refractivity contribution in [1.82, 2.24) is 25.5 Å². The Hall–Kier alpha value is -4.42. The first-order chi connectivity index (χ1) is 25.1. The average molecular weight is 747 g/mol. The number of nitrogens with one attached hydrogen (secondary N) is 2. The molecule has 0 saturated carbocycles. The number of pyridine rings is 2. The van der Waals surface area contributed by atoms with Crippen LogP contribution in [0.15, 0.2) is 48.5 Å². The van der Waals surface area contributed by atoms with Crippen LogP contribution in [0.2, 0.25) is 10.0 Å². The number of rotatable bonds is 13. The molecule has 2 fully saturated rings. The van der Waals surface area contributed by atoms with Crippen LogP contribution in [0.4, 0.5) is 0 Å². The molecule has 1 aliphatic carbocycles. The Kier molecular flexibility index (Phi) is 10.6. The van der Waals surface area contributed by atoms with Gasteiger partial charge in [-0.3, -0.25) is 14.5 Å². The standard InChI is InChI=1S/C39H41Cl2N5O6/c1-21-14-32(44-37(51-3)30(21)17-42-16-24-10-13-34(47)43-24)29-9-5-8-28(35(29)41)25-6-4-7-27-26(25)11-12-33(27)52-38-31(40)15-22(36(45-38)50-2)18-46-19-23(20-46)39(48)49/h4-9,14-15,23-24,33,42H,10-13,16-20H2,1-3H3,(H,43,47)(H,48,49)/t24-,33-/m0/s1. The molecule has 13 heteroatoms. The van der Waals surface area contributed by atoms with Crippen molar-refractivity contribution in [3.63, 3.8) is 0 Å². The zero-order valence-corrected chi connectivity index (χ0v) is 30.8. The highest BCUT2D eigenvalue weighted by molar-refractivity contribution is 6.36. The molecule has 4 heterocycles. The first-order valence-electron chi connectivity index (χ1n) is 17.4. The van der Waals surface area contributed by atoms with Gasteiger partial charge in [0.05, 0.1) is 30.9 Å². The Bertz CT molecular complexity index is 2020. The summed E-state index contributed by atoms with van der Waals surface area (Å²) in [6.07, 6.45) is 2.64. The van der Waals surface area contributed by atoms with Crippen molar-refractivity contribution in [1.29, 1.82) is 0 Å². The van der Waals surface area contributed by atoms with Crippen molar-refractivity contribution in [2.45, 2.75) is 57.8 Å². The summed E-state index contributed by atoms with van der Waals surface area (Å²) >= 11 is 13.9. The predicted octanol–water partition coefficient (Wildman–Crippen LogP) is 6.39. The van der Waals surface area contributed by atoms with Gasteiger partial charge in [0.1, 0.15) is 11.1 Å². The van der Waals surface area contributed by atoms with Gasteiger partial charge >= 0.3 is 5.97 Å². The van der Waals surface area contributed by atoms with Crippen LogP contribution in [0.1, 0.15) is 53.2 Å². The van der Waals surface area contributed by atoms with Crippen molar-refractivity contribution >= 4 is 35.1 Å². The topological polar surface area (TPSA) is 135 Å². The molecule has 2 aromatic heterocycles. The van der Waals surface area contributed by atoms with E-state index in [4.69, 9.17) is 42.4 Å². The number of aliphatic carboxylic acids is 1. The number of aryl methyl sites for hydroxylation is 1. The van der Waals surface area contributed by atoms with Crippen molar-refractivity contribution in [3.05, 3.63) is 86.4 Å². The highest BCUT2D eigenvalue weighted by Crippen LogP contribution is 2.45. The number of hydrogen-bond donors (Lipinski definition) is 3. The van der Waals surface area contributed by atoms with Gasteiger partial charge in [0.15, 0.2) is 0 Å². The van der Waals surface area contributed by atoms with Gasteiger partial charge in [0.25, 0.3) is 0 Å². The average Bonchev–Trinajstić information content (AvgIpc) is 3.73. The Morgan fingerprint density at radius 3 is 2.46 bits per heavy atom. The van der Waals surface area contributed by atoms with E-state index in [0.717, 1.165) is 69.5 Å². The fourth-order valence-corrected chi connectivity index (χ4v) is 7.96. The van der Waals surface area contributed by atoms with Gasteiger partial charge in [-0.25, -0.2) is 4.98 Å². The molecule has 11 nitrogen and oxygen atoms in total. The van der Waals surface area contributed by atoms with E-state index in [2.05, 4.69) is 27.8 Å².